The zero-order valence-corrected chi connectivity index (χ0v) is 9.01. The van der Waals surface area contributed by atoms with E-state index in [4.69, 9.17) is 5.26 Å². The van der Waals surface area contributed by atoms with Gasteiger partial charge in [0.25, 0.3) is 5.92 Å². The molecule has 1 aliphatic carbocycles. The summed E-state index contributed by atoms with van der Waals surface area (Å²) in [4.78, 5) is 13.2. The average Bonchev–Trinajstić information content (AvgIpc) is 2.15. The Bertz CT molecular complexity index is 344. The topological polar surface area (TPSA) is 44.1 Å². The zero-order chi connectivity index (χ0) is 11.8. The summed E-state index contributed by atoms with van der Waals surface area (Å²) in [6.45, 7) is -0.160. The van der Waals surface area contributed by atoms with Gasteiger partial charge in [-0.05, 0) is 25.7 Å². The van der Waals surface area contributed by atoms with E-state index in [1.54, 1.807) is 0 Å². The number of nitriles is 1. The van der Waals surface area contributed by atoms with Crippen molar-refractivity contribution in [2.75, 3.05) is 13.1 Å². The van der Waals surface area contributed by atoms with Crippen LogP contribution in [-0.4, -0.2) is 29.8 Å². The lowest BCUT2D eigenvalue weighted by Crippen LogP contribution is -2.53. The van der Waals surface area contributed by atoms with Crippen LogP contribution in [0.5, 0.6) is 0 Å². The fraction of sp³-hybridized carbons (Fsp3) is 0.818. The Morgan fingerprint density at radius 3 is 2.38 bits per heavy atom. The highest BCUT2D eigenvalue weighted by molar-refractivity contribution is 5.86. The van der Waals surface area contributed by atoms with Crippen LogP contribution in [0.15, 0.2) is 0 Å². The van der Waals surface area contributed by atoms with Gasteiger partial charge in [0.2, 0.25) is 5.91 Å². The number of carbonyl (C=O) groups excluding carboxylic acids is 1. The Morgan fingerprint density at radius 1 is 1.25 bits per heavy atom. The largest absolute Gasteiger partial charge is 0.335 e. The molecule has 0 N–H and O–H groups in total. The normalized spacial score (nSPS) is 26.7. The monoisotopic (exact) mass is 228 g/mol. The molecule has 5 heteroatoms. The molecule has 1 amide bonds. The van der Waals surface area contributed by atoms with Gasteiger partial charge in [-0.25, -0.2) is 8.78 Å². The van der Waals surface area contributed by atoms with Crippen molar-refractivity contribution in [2.24, 2.45) is 5.41 Å². The van der Waals surface area contributed by atoms with Gasteiger partial charge >= 0.3 is 0 Å². The lowest BCUT2D eigenvalue weighted by atomic mass is 9.69. The fourth-order valence-corrected chi connectivity index (χ4v) is 2.35. The number of halogens is 2. The number of nitrogens with zero attached hydrogens (tertiary/aromatic N) is 2. The lowest BCUT2D eigenvalue weighted by Gasteiger charge is -2.41. The third kappa shape index (κ3) is 1.77. The Morgan fingerprint density at radius 2 is 1.94 bits per heavy atom. The molecule has 3 nitrogen and oxygen atoms in total. The Hall–Kier alpha value is -1.18. The van der Waals surface area contributed by atoms with Crippen LogP contribution in [0.3, 0.4) is 0 Å². The molecule has 0 unspecified atom stereocenters. The minimum absolute atomic E-state index is 0.156. The summed E-state index contributed by atoms with van der Waals surface area (Å²) in [6.07, 6.45) is 2.04. The van der Waals surface area contributed by atoms with Crippen LogP contribution in [0.4, 0.5) is 8.78 Å². The van der Waals surface area contributed by atoms with Gasteiger partial charge < -0.3 is 4.90 Å². The maximum atomic E-state index is 13.2. The van der Waals surface area contributed by atoms with Gasteiger partial charge in [0, 0.05) is 13.0 Å². The molecule has 0 radical (unpaired) electrons. The number of hydrogen-bond acceptors (Lipinski definition) is 2. The second-order valence-electron chi connectivity index (χ2n) is 4.73. The number of piperidine rings is 1. The number of amides is 1. The van der Waals surface area contributed by atoms with Crippen LogP contribution in [0, 0.1) is 16.7 Å². The van der Waals surface area contributed by atoms with Crippen LogP contribution < -0.4 is 0 Å². The first-order valence-electron chi connectivity index (χ1n) is 5.58. The van der Waals surface area contributed by atoms with E-state index in [9.17, 15) is 13.6 Å². The molecule has 1 saturated heterocycles. The highest BCUT2D eigenvalue weighted by atomic mass is 19.3. The highest BCUT2D eigenvalue weighted by Crippen LogP contribution is 2.43. The van der Waals surface area contributed by atoms with E-state index in [1.807, 2.05) is 6.07 Å². The maximum absolute atomic E-state index is 13.2. The van der Waals surface area contributed by atoms with E-state index in [2.05, 4.69) is 0 Å². The molecule has 0 aromatic rings. The molecular weight excluding hydrogens is 214 g/mol. The smallest absolute Gasteiger partial charge is 0.265 e. The van der Waals surface area contributed by atoms with Crippen LogP contribution in [-0.2, 0) is 4.79 Å². The van der Waals surface area contributed by atoms with Gasteiger partial charge in [0.15, 0.2) is 0 Å². The van der Waals surface area contributed by atoms with Crippen molar-refractivity contribution in [3.63, 3.8) is 0 Å². The predicted molar refractivity (Wildman–Crippen MR) is 52.7 cm³/mol. The summed E-state index contributed by atoms with van der Waals surface area (Å²) in [7, 11) is 0. The first-order valence-corrected chi connectivity index (χ1v) is 5.58. The number of carbonyl (C=O) groups is 1. The molecule has 88 valence electrons. The summed E-state index contributed by atoms with van der Waals surface area (Å²) in [5.74, 6) is -3.17. The van der Waals surface area contributed by atoms with Crippen molar-refractivity contribution >= 4 is 5.91 Å². The van der Waals surface area contributed by atoms with Crippen molar-refractivity contribution in [1.82, 2.24) is 4.90 Å². The Kier molecular flexibility index (Phi) is 2.61. The Balaban J connectivity index is 2.08. The molecule has 0 atom stereocenters. The van der Waals surface area contributed by atoms with Crippen LogP contribution in [0.2, 0.25) is 0 Å². The average molecular weight is 228 g/mol. The van der Waals surface area contributed by atoms with E-state index < -0.39 is 17.9 Å². The van der Waals surface area contributed by atoms with Gasteiger partial charge in [0.05, 0.1) is 12.6 Å². The van der Waals surface area contributed by atoms with E-state index in [1.165, 1.54) is 4.90 Å². The highest BCUT2D eigenvalue weighted by Gasteiger charge is 2.49. The predicted octanol–water partition coefficient (Wildman–Crippen LogP) is 1.94. The second kappa shape index (κ2) is 3.69. The van der Waals surface area contributed by atoms with Gasteiger partial charge in [-0.15, -0.1) is 0 Å². The molecule has 0 aromatic carbocycles. The van der Waals surface area contributed by atoms with E-state index >= 15 is 0 Å². The summed E-state index contributed by atoms with van der Waals surface area (Å²) in [6, 6.07) is 2.00. The fourth-order valence-electron chi connectivity index (χ4n) is 2.35. The molecule has 0 spiro atoms. The molecule has 0 aromatic heterocycles. The number of likely N-dealkylation sites (tertiary alicyclic amines) is 1. The van der Waals surface area contributed by atoms with Crippen molar-refractivity contribution in [3.05, 3.63) is 0 Å². The summed E-state index contributed by atoms with van der Waals surface area (Å²) in [5.41, 5.74) is -0.993. The molecule has 0 bridgehead atoms. The molecule has 2 fully saturated rings. The summed E-state index contributed by atoms with van der Waals surface area (Å²) in [5, 5.41) is 8.98. The lowest BCUT2D eigenvalue weighted by molar-refractivity contribution is -0.153. The molecule has 1 saturated carbocycles. The van der Waals surface area contributed by atoms with Crippen LogP contribution in [0.25, 0.3) is 0 Å². The molecule has 1 aliphatic heterocycles. The number of alkyl halides is 2. The van der Waals surface area contributed by atoms with Gasteiger partial charge in [0.1, 0.15) is 5.41 Å². The van der Waals surface area contributed by atoms with Crippen molar-refractivity contribution < 1.29 is 13.6 Å². The number of rotatable bonds is 1. The summed E-state index contributed by atoms with van der Waals surface area (Å²) < 4.78 is 26.3. The molecule has 2 aliphatic rings. The Labute approximate surface area is 93.0 Å². The number of hydrogen-bond donors (Lipinski definition) is 0. The molecule has 1 heterocycles. The first-order chi connectivity index (χ1) is 7.49. The quantitative estimate of drug-likeness (QED) is 0.688. The maximum Gasteiger partial charge on any atom is 0.265 e. The zero-order valence-electron chi connectivity index (χ0n) is 9.01. The minimum Gasteiger partial charge on any atom is -0.335 e. The molecular formula is C11H14F2N2O. The first kappa shape index (κ1) is 11.3. The van der Waals surface area contributed by atoms with Gasteiger partial charge in [-0.2, -0.15) is 5.26 Å². The van der Waals surface area contributed by atoms with Crippen LogP contribution >= 0.6 is 0 Å². The van der Waals surface area contributed by atoms with E-state index in [-0.39, 0.29) is 12.3 Å². The van der Waals surface area contributed by atoms with Crippen molar-refractivity contribution in [3.8, 4) is 6.07 Å². The SMILES string of the molecule is N#CC1(C(=O)N2CCCC(F)(F)C2)CCC1. The summed E-state index contributed by atoms with van der Waals surface area (Å²) >= 11 is 0. The third-order valence-electron chi connectivity index (χ3n) is 3.51. The second-order valence-corrected chi connectivity index (χ2v) is 4.73. The van der Waals surface area contributed by atoms with Gasteiger partial charge in [-0.3, -0.25) is 4.79 Å². The standard InChI is InChI=1S/C11H14F2N2O/c12-11(13)5-2-6-15(8-11)9(16)10(7-14)3-1-4-10/h1-6,8H2. The van der Waals surface area contributed by atoms with Gasteiger partial charge in [-0.1, -0.05) is 0 Å². The minimum atomic E-state index is -2.78. The molecule has 2 rings (SSSR count). The van der Waals surface area contributed by atoms with E-state index in [0.717, 1.165) is 6.42 Å². The van der Waals surface area contributed by atoms with Crippen molar-refractivity contribution in [1.29, 1.82) is 5.26 Å². The van der Waals surface area contributed by atoms with Crippen LogP contribution in [0.1, 0.15) is 32.1 Å². The van der Waals surface area contributed by atoms with Crippen molar-refractivity contribution in [2.45, 2.75) is 38.0 Å². The third-order valence-corrected chi connectivity index (χ3v) is 3.51. The molecule has 16 heavy (non-hydrogen) atoms. The van der Waals surface area contributed by atoms with E-state index in [0.29, 0.717) is 25.8 Å².